The Bertz CT molecular complexity index is 672. The molecule has 0 amide bonds. The summed E-state index contributed by atoms with van der Waals surface area (Å²) in [4.78, 5) is -0.905. The van der Waals surface area contributed by atoms with E-state index in [0.29, 0.717) is 12.1 Å². The number of allylic oxidation sites excluding steroid dienone is 2. The van der Waals surface area contributed by atoms with Gasteiger partial charge in [-0.25, -0.2) is 8.42 Å². The molecule has 1 rings (SSSR count). The minimum Gasteiger partial charge on any atom is -0.510 e. The number of hydrogen-bond acceptors (Lipinski definition) is 4. The Morgan fingerprint density at radius 2 is 1.76 bits per heavy atom. The van der Waals surface area contributed by atoms with Gasteiger partial charge in [-0.05, 0) is 31.2 Å². The molecule has 0 atom stereocenters. The maximum atomic E-state index is 12.3. The van der Waals surface area contributed by atoms with E-state index in [0.717, 1.165) is 19.1 Å². The molecule has 5 nitrogen and oxygen atoms in total. The molecule has 0 bridgehead atoms. The largest absolute Gasteiger partial charge is 0.510 e. The van der Waals surface area contributed by atoms with Crippen molar-refractivity contribution in [1.82, 2.24) is 0 Å². The van der Waals surface area contributed by atoms with Crippen LogP contribution in [-0.4, -0.2) is 43.1 Å². The van der Waals surface area contributed by atoms with Gasteiger partial charge in [0.1, 0.15) is 11.8 Å². The molecule has 109 valence electrons. The molecule has 0 saturated heterocycles. The van der Waals surface area contributed by atoms with Gasteiger partial charge in [-0.3, -0.25) is 4.72 Å². The summed E-state index contributed by atoms with van der Waals surface area (Å²) in [7, 11) is -4.34. The van der Waals surface area contributed by atoms with Gasteiger partial charge in [0.05, 0.1) is 5.56 Å². The van der Waals surface area contributed by atoms with Crippen molar-refractivity contribution in [3.63, 3.8) is 0 Å². The average molecular weight is 329 g/mol. The Morgan fingerprint density at radius 3 is 2.10 bits per heavy atom. The third kappa shape index (κ3) is 5.24. The van der Waals surface area contributed by atoms with Gasteiger partial charge in [-0.15, -0.1) is 0 Å². The Balaban J connectivity index is 0.00000400. The monoisotopic (exact) mass is 329 g/mol. The molecule has 0 aromatic heterocycles. The number of nitrogens with one attached hydrogen (secondary N) is 1. The number of benzene rings is 1. The standard InChI is InChI=1S/C11H9F3N2O3S.Na/c1-7(17)10(6-15)20(18,19)16-9-4-2-8(3-5-9)11(12,13)14;/h2-5,16-17H,1H3;. The number of rotatable bonds is 3. The van der Waals surface area contributed by atoms with Crippen LogP contribution in [0.15, 0.2) is 34.9 Å². The fourth-order valence-corrected chi connectivity index (χ4v) is 2.33. The molecule has 0 fully saturated rings. The molecule has 0 aliphatic carbocycles. The van der Waals surface area contributed by atoms with Crippen LogP contribution in [0.1, 0.15) is 12.5 Å². The molecular weight excluding hydrogens is 320 g/mol. The normalized spacial score (nSPS) is 12.7. The van der Waals surface area contributed by atoms with Crippen molar-refractivity contribution in [2.24, 2.45) is 0 Å². The van der Waals surface area contributed by atoms with Gasteiger partial charge in [-0.2, -0.15) is 18.4 Å². The van der Waals surface area contributed by atoms with Crippen LogP contribution in [0.4, 0.5) is 18.9 Å². The Kier molecular flexibility index (Phi) is 6.76. The van der Waals surface area contributed by atoms with Gasteiger partial charge in [0.2, 0.25) is 4.91 Å². The van der Waals surface area contributed by atoms with Crippen molar-refractivity contribution in [3.05, 3.63) is 40.5 Å². The molecule has 0 spiro atoms. The predicted molar refractivity (Wildman–Crippen MR) is 70.7 cm³/mol. The van der Waals surface area contributed by atoms with Crippen LogP contribution in [0.2, 0.25) is 0 Å². The summed E-state index contributed by atoms with van der Waals surface area (Å²) in [6, 6.07) is 4.49. The quantitative estimate of drug-likeness (QED) is 0.506. The second-order valence-corrected chi connectivity index (χ2v) is 5.33. The topological polar surface area (TPSA) is 90.2 Å². The summed E-state index contributed by atoms with van der Waals surface area (Å²) in [6.45, 7) is 1.00. The number of nitriles is 1. The first-order chi connectivity index (χ1) is 9.08. The van der Waals surface area contributed by atoms with Gasteiger partial charge < -0.3 is 5.11 Å². The van der Waals surface area contributed by atoms with E-state index in [-0.39, 0.29) is 35.2 Å². The molecule has 1 radical (unpaired) electrons. The molecule has 1 aromatic rings. The van der Waals surface area contributed by atoms with Crippen molar-refractivity contribution in [2.75, 3.05) is 4.72 Å². The molecule has 0 aliphatic rings. The van der Waals surface area contributed by atoms with Crippen LogP contribution < -0.4 is 4.72 Å². The second kappa shape index (κ2) is 7.17. The summed E-state index contributed by atoms with van der Waals surface area (Å²) < 4.78 is 62.2. The minimum atomic E-state index is -4.53. The van der Waals surface area contributed by atoms with Crippen molar-refractivity contribution in [1.29, 1.82) is 5.26 Å². The molecule has 2 N–H and O–H groups in total. The van der Waals surface area contributed by atoms with Gasteiger partial charge in [0.25, 0.3) is 10.0 Å². The van der Waals surface area contributed by atoms with Gasteiger partial charge in [0.15, 0.2) is 0 Å². The van der Waals surface area contributed by atoms with E-state index >= 15 is 0 Å². The summed E-state index contributed by atoms with van der Waals surface area (Å²) in [5.74, 6) is -0.716. The Hall–Kier alpha value is -1.21. The summed E-state index contributed by atoms with van der Waals surface area (Å²) in [6.07, 6.45) is -4.53. The number of alkyl halides is 3. The zero-order chi connectivity index (χ0) is 15.6. The van der Waals surface area contributed by atoms with E-state index in [4.69, 9.17) is 10.4 Å². The fraction of sp³-hybridized carbons (Fsp3) is 0.182. The third-order valence-corrected chi connectivity index (χ3v) is 3.59. The SMILES string of the molecule is CC(O)=C(C#N)S(=O)(=O)Nc1ccc(C(F)(F)F)cc1.[Na]. The third-order valence-electron chi connectivity index (χ3n) is 2.16. The van der Waals surface area contributed by atoms with E-state index in [2.05, 4.69) is 0 Å². The number of hydrogen-bond donors (Lipinski definition) is 2. The Labute approximate surface area is 141 Å². The Morgan fingerprint density at radius 1 is 1.29 bits per heavy atom. The van der Waals surface area contributed by atoms with Crippen molar-refractivity contribution >= 4 is 45.3 Å². The average Bonchev–Trinajstić information content (AvgIpc) is 2.27. The summed E-state index contributed by atoms with van der Waals surface area (Å²) >= 11 is 0. The van der Waals surface area contributed by atoms with E-state index in [1.165, 1.54) is 6.07 Å². The smallest absolute Gasteiger partial charge is 0.416 e. The summed E-state index contributed by atoms with van der Waals surface area (Å²) in [5, 5.41) is 17.7. The van der Waals surface area contributed by atoms with Crippen molar-refractivity contribution in [3.8, 4) is 6.07 Å². The first kappa shape index (κ1) is 19.8. The maximum absolute atomic E-state index is 12.3. The number of aliphatic hydroxyl groups excluding tert-OH is 1. The number of halogens is 3. The van der Waals surface area contributed by atoms with Crippen molar-refractivity contribution < 1.29 is 26.7 Å². The minimum absolute atomic E-state index is 0. The zero-order valence-corrected chi connectivity index (χ0v) is 13.9. The fourth-order valence-electron chi connectivity index (χ4n) is 1.27. The van der Waals surface area contributed by atoms with E-state index in [9.17, 15) is 21.6 Å². The maximum Gasteiger partial charge on any atom is 0.416 e. The number of aliphatic hydroxyl groups is 1. The van der Waals surface area contributed by atoms with Crippen LogP contribution in [0, 0.1) is 11.3 Å². The van der Waals surface area contributed by atoms with Crippen LogP contribution >= 0.6 is 0 Å². The molecule has 21 heavy (non-hydrogen) atoms. The second-order valence-electron chi connectivity index (χ2n) is 3.71. The van der Waals surface area contributed by atoms with E-state index in [1.807, 2.05) is 4.72 Å². The predicted octanol–water partition coefficient (Wildman–Crippen LogP) is 2.38. The van der Waals surface area contributed by atoms with Crippen LogP contribution in [0.5, 0.6) is 0 Å². The molecule has 0 saturated carbocycles. The molecule has 0 unspecified atom stereocenters. The number of nitrogens with zero attached hydrogens (tertiary/aromatic N) is 1. The molecule has 1 aromatic carbocycles. The molecule has 0 heterocycles. The first-order valence-electron chi connectivity index (χ1n) is 5.08. The van der Waals surface area contributed by atoms with Crippen molar-refractivity contribution in [2.45, 2.75) is 13.1 Å². The van der Waals surface area contributed by atoms with Gasteiger partial charge in [0, 0.05) is 35.2 Å². The van der Waals surface area contributed by atoms with Crippen LogP contribution in [-0.2, 0) is 16.2 Å². The first-order valence-corrected chi connectivity index (χ1v) is 6.56. The summed E-state index contributed by atoms with van der Waals surface area (Å²) in [5.41, 5.74) is -1.10. The van der Waals surface area contributed by atoms with Crippen LogP contribution in [0.25, 0.3) is 0 Å². The molecule has 10 heteroatoms. The zero-order valence-electron chi connectivity index (χ0n) is 11.1. The van der Waals surface area contributed by atoms with E-state index in [1.54, 1.807) is 0 Å². The van der Waals surface area contributed by atoms with Gasteiger partial charge >= 0.3 is 6.18 Å². The number of anilines is 1. The molecule has 0 aliphatic heterocycles. The van der Waals surface area contributed by atoms with Gasteiger partial charge in [-0.1, -0.05) is 0 Å². The molecular formula is C11H9F3N2NaO3S. The van der Waals surface area contributed by atoms with Crippen LogP contribution in [0.3, 0.4) is 0 Å². The number of sulfonamides is 1. The van der Waals surface area contributed by atoms with E-state index < -0.39 is 32.4 Å².